The van der Waals surface area contributed by atoms with Crippen molar-refractivity contribution in [3.05, 3.63) is 89.8 Å². The SMILES string of the molecule is Cl.O=C(Nc1ccc(Cl)cc1)Nc1cccc2c1ccn2Cc1c[nH]c2ncccc12. The van der Waals surface area contributed by atoms with Crippen LogP contribution in [0.2, 0.25) is 5.02 Å². The molecule has 5 rings (SSSR count). The second-order valence-electron chi connectivity index (χ2n) is 6.98. The van der Waals surface area contributed by atoms with Crippen molar-refractivity contribution >= 4 is 63.4 Å². The van der Waals surface area contributed by atoms with Crippen LogP contribution in [0.4, 0.5) is 16.2 Å². The fraction of sp³-hybridized carbons (Fsp3) is 0.0435. The molecule has 0 radical (unpaired) electrons. The Kier molecular flexibility index (Phi) is 5.84. The van der Waals surface area contributed by atoms with Crippen molar-refractivity contribution in [3.8, 4) is 0 Å². The summed E-state index contributed by atoms with van der Waals surface area (Å²) in [6.45, 7) is 0.704. The molecule has 6 nitrogen and oxygen atoms in total. The third-order valence-corrected chi connectivity index (χ3v) is 5.29. The lowest BCUT2D eigenvalue weighted by Gasteiger charge is -2.10. The maximum absolute atomic E-state index is 12.4. The molecule has 0 atom stereocenters. The molecule has 5 aromatic rings. The summed E-state index contributed by atoms with van der Waals surface area (Å²) in [5, 5.41) is 8.46. The predicted molar refractivity (Wildman–Crippen MR) is 128 cm³/mol. The molecule has 0 saturated carbocycles. The molecule has 156 valence electrons. The fourth-order valence-corrected chi connectivity index (χ4v) is 3.74. The van der Waals surface area contributed by atoms with Gasteiger partial charge >= 0.3 is 6.03 Å². The Bertz CT molecular complexity index is 1360. The number of carbonyl (C=O) groups excluding carboxylic acids is 1. The van der Waals surface area contributed by atoms with Crippen molar-refractivity contribution in [3.63, 3.8) is 0 Å². The molecule has 0 aliphatic rings. The molecule has 0 spiro atoms. The van der Waals surface area contributed by atoms with E-state index in [1.807, 2.05) is 42.7 Å². The number of halogens is 2. The van der Waals surface area contributed by atoms with Crippen LogP contribution >= 0.6 is 24.0 Å². The lowest BCUT2D eigenvalue weighted by atomic mass is 10.2. The van der Waals surface area contributed by atoms with Crippen LogP contribution in [0.25, 0.3) is 21.9 Å². The van der Waals surface area contributed by atoms with Crippen molar-refractivity contribution in [1.82, 2.24) is 14.5 Å². The number of anilines is 2. The minimum Gasteiger partial charge on any atom is -0.346 e. The summed E-state index contributed by atoms with van der Waals surface area (Å²) >= 11 is 5.89. The molecule has 3 aromatic heterocycles. The quantitative estimate of drug-likeness (QED) is 0.300. The van der Waals surface area contributed by atoms with Crippen LogP contribution in [0, 0.1) is 0 Å². The molecule has 3 N–H and O–H groups in total. The Labute approximate surface area is 189 Å². The van der Waals surface area contributed by atoms with E-state index in [0.717, 1.165) is 33.2 Å². The second kappa shape index (κ2) is 8.71. The number of rotatable bonds is 4. The lowest BCUT2D eigenvalue weighted by molar-refractivity contribution is 0.262. The van der Waals surface area contributed by atoms with Gasteiger partial charge in [-0.25, -0.2) is 9.78 Å². The molecular weight excluding hydrogens is 433 g/mol. The van der Waals surface area contributed by atoms with Gasteiger partial charge in [-0.05, 0) is 60.2 Å². The van der Waals surface area contributed by atoms with Crippen LogP contribution < -0.4 is 10.6 Å². The summed E-state index contributed by atoms with van der Waals surface area (Å²) in [7, 11) is 0. The highest BCUT2D eigenvalue weighted by Crippen LogP contribution is 2.27. The lowest BCUT2D eigenvalue weighted by Crippen LogP contribution is -2.19. The van der Waals surface area contributed by atoms with Crippen molar-refractivity contribution in [1.29, 1.82) is 0 Å². The van der Waals surface area contributed by atoms with E-state index >= 15 is 0 Å². The number of hydrogen-bond acceptors (Lipinski definition) is 2. The molecule has 0 aliphatic carbocycles. The number of benzene rings is 2. The number of aromatic nitrogens is 3. The van der Waals surface area contributed by atoms with Gasteiger partial charge in [0.1, 0.15) is 5.65 Å². The van der Waals surface area contributed by atoms with E-state index in [-0.39, 0.29) is 18.4 Å². The first-order valence-electron chi connectivity index (χ1n) is 9.50. The molecule has 0 fully saturated rings. The average Bonchev–Trinajstić information content (AvgIpc) is 3.35. The van der Waals surface area contributed by atoms with Crippen molar-refractivity contribution in [2.24, 2.45) is 0 Å². The Balaban J connectivity index is 0.00000231. The zero-order chi connectivity index (χ0) is 20.5. The van der Waals surface area contributed by atoms with Gasteiger partial charge in [0.05, 0.1) is 11.2 Å². The molecule has 0 bridgehead atoms. The molecule has 3 heterocycles. The van der Waals surface area contributed by atoms with Gasteiger partial charge in [-0.2, -0.15) is 0 Å². The second-order valence-corrected chi connectivity index (χ2v) is 7.42. The number of nitrogens with one attached hydrogen (secondary N) is 3. The molecule has 0 saturated heterocycles. The van der Waals surface area contributed by atoms with Gasteiger partial charge in [-0.3, -0.25) is 0 Å². The Hall–Kier alpha value is -3.48. The fourth-order valence-electron chi connectivity index (χ4n) is 3.62. The van der Waals surface area contributed by atoms with Crippen molar-refractivity contribution in [2.45, 2.75) is 6.54 Å². The highest BCUT2D eigenvalue weighted by molar-refractivity contribution is 6.30. The smallest absolute Gasteiger partial charge is 0.323 e. The first-order chi connectivity index (χ1) is 14.7. The predicted octanol–water partition coefficient (Wildman–Crippen LogP) is 6.29. The number of carbonyl (C=O) groups is 1. The summed E-state index contributed by atoms with van der Waals surface area (Å²) in [6, 6.07) is 18.6. The maximum Gasteiger partial charge on any atom is 0.323 e. The van der Waals surface area contributed by atoms with E-state index in [2.05, 4.69) is 31.2 Å². The van der Waals surface area contributed by atoms with Gasteiger partial charge in [-0.15, -0.1) is 12.4 Å². The number of pyridine rings is 1. The number of urea groups is 1. The van der Waals surface area contributed by atoms with E-state index < -0.39 is 0 Å². The van der Waals surface area contributed by atoms with E-state index in [4.69, 9.17) is 11.6 Å². The molecular formula is C23H19Cl2N5O. The van der Waals surface area contributed by atoms with Gasteiger partial charge in [0.15, 0.2) is 0 Å². The van der Waals surface area contributed by atoms with Gasteiger partial charge in [0.2, 0.25) is 0 Å². The zero-order valence-electron chi connectivity index (χ0n) is 16.3. The van der Waals surface area contributed by atoms with Crippen LogP contribution in [-0.2, 0) is 6.54 Å². The van der Waals surface area contributed by atoms with E-state index in [9.17, 15) is 4.79 Å². The maximum atomic E-state index is 12.4. The topological polar surface area (TPSA) is 74.7 Å². The molecule has 0 aliphatic heterocycles. The van der Waals surface area contributed by atoms with Crippen molar-refractivity contribution in [2.75, 3.05) is 10.6 Å². The van der Waals surface area contributed by atoms with Gasteiger partial charge in [-0.1, -0.05) is 17.7 Å². The van der Waals surface area contributed by atoms with Crippen LogP contribution in [0.3, 0.4) is 0 Å². The summed E-state index contributed by atoms with van der Waals surface area (Å²) in [5.74, 6) is 0. The largest absolute Gasteiger partial charge is 0.346 e. The first-order valence-corrected chi connectivity index (χ1v) is 9.87. The van der Waals surface area contributed by atoms with Crippen LogP contribution in [0.5, 0.6) is 0 Å². The minimum atomic E-state index is -0.305. The summed E-state index contributed by atoms with van der Waals surface area (Å²) in [5.41, 5.74) is 4.50. The Morgan fingerprint density at radius 2 is 1.84 bits per heavy atom. The molecule has 8 heteroatoms. The van der Waals surface area contributed by atoms with Gasteiger partial charge in [0, 0.05) is 46.6 Å². The van der Waals surface area contributed by atoms with E-state index in [1.165, 1.54) is 0 Å². The third kappa shape index (κ3) is 4.21. The summed E-state index contributed by atoms with van der Waals surface area (Å²) < 4.78 is 2.16. The molecule has 0 unspecified atom stereocenters. The number of amides is 2. The normalized spacial score (nSPS) is 10.7. The van der Waals surface area contributed by atoms with Gasteiger partial charge in [0.25, 0.3) is 0 Å². The Morgan fingerprint density at radius 1 is 1.00 bits per heavy atom. The number of aromatic amines is 1. The highest BCUT2D eigenvalue weighted by atomic mass is 35.5. The number of H-pyrrole nitrogens is 1. The average molecular weight is 452 g/mol. The molecule has 2 amide bonds. The van der Waals surface area contributed by atoms with Crippen molar-refractivity contribution < 1.29 is 4.79 Å². The molecule has 31 heavy (non-hydrogen) atoms. The number of nitrogens with zero attached hydrogens (tertiary/aromatic N) is 2. The number of hydrogen-bond donors (Lipinski definition) is 3. The van der Waals surface area contributed by atoms with E-state index in [1.54, 1.807) is 30.5 Å². The zero-order valence-corrected chi connectivity index (χ0v) is 17.9. The minimum absolute atomic E-state index is 0. The first kappa shape index (κ1) is 20.8. The van der Waals surface area contributed by atoms with Crippen LogP contribution in [0.1, 0.15) is 5.56 Å². The highest BCUT2D eigenvalue weighted by Gasteiger charge is 2.11. The van der Waals surface area contributed by atoms with Crippen LogP contribution in [0.15, 0.2) is 79.3 Å². The third-order valence-electron chi connectivity index (χ3n) is 5.04. The number of fused-ring (bicyclic) bond motifs is 2. The van der Waals surface area contributed by atoms with Gasteiger partial charge < -0.3 is 20.2 Å². The molecule has 2 aromatic carbocycles. The monoisotopic (exact) mass is 451 g/mol. The van der Waals surface area contributed by atoms with Crippen LogP contribution in [-0.4, -0.2) is 20.6 Å². The Morgan fingerprint density at radius 3 is 2.68 bits per heavy atom. The summed E-state index contributed by atoms with van der Waals surface area (Å²) in [6.07, 6.45) is 5.80. The van der Waals surface area contributed by atoms with E-state index in [0.29, 0.717) is 17.3 Å². The summed E-state index contributed by atoms with van der Waals surface area (Å²) in [4.78, 5) is 20.0. The standard InChI is InChI=1S/C23H18ClN5O.ClH/c24-16-6-8-17(9-7-16)27-23(30)28-20-4-1-5-21-19(20)10-12-29(21)14-15-13-26-22-18(15)3-2-11-25-22;/h1-13H,14H2,(H,25,26)(H2,27,28,30);1H.